The van der Waals surface area contributed by atoms with Crippen LogP contribution in [0.4, 0.5) is 5.69 Å². The number of fused-ring (bicyclic) bond motifs is 1. The largest absolute Gasteiger partial charge is 0.459 e. The minimum Gasteiger partial charge on any atom is -0.459 e. The van der Waals surface area contributed by atoms with E-state index in [1.807, 2.05) is 31.2 Å². The van der Waals surface area contributed by atoms with Crippen molar-refractivity contribution in [1.29, 1.82) is 5.26 Å². The first-order valence-electron chi connectivity index (χ1n) is 11.0. The van der Waals surface area contributed by atoms with Gasteiger partial charge < -0.3 is 23.8 Å². The van der Waals surface area contributed by atoms with Gasteiger partial charge in [0.15, 0.2) is 0 Å². The molecule has 7 nitrogen and oxygen atoms in total. The van der Waals surface area contributed by atoms with Crippen LogP contribution in [0.25, 0.3) is 16.8 Å². The summed E-state index contributed by atoms with van der Waals surface area (Å²) in [5, 5.41) is 11.5. The van der Waals surface area contributed by atoms with Crippen LogP contribution < -0.4 is 4.90 Å². The molecule has 0 aromatic heterocycles. The number of morpholine rings is 1. The number of esters is 1. The van der Waals surface area contributed by atoms with E-state index >= 15 is 0 Å². The summed E-state index contributed by atoms with van der Waals surface area (Å²) in [6, 6.07) is 14.1. The van der Waals surface area contributed by atoms with Crippen LogP contribution in [0.1, 0.15) is 18.9 Å². The van der Waals surface area contributed by atoms with E-state index in [0.717, 1.165) is 49.1 Å². The van der Waals surface area contributed by atoms with Crippen LogP contribution in [0.15, 0.2) is 42.0 Å². The first-order valence-corrected chi connectivity index (χ1v) is 11.0. The molecule has 2 aromatic rings. The Labute approximate surface area is 189 Å². The Hall–Kier alpha value is -2.92. The molecule has 1 saturated heterocycles. The van der Waals surface area contributed by atoms with Crippen molar-refractivity contribution < 1.29 is 23.7 Å². The fourth-order valence-electron chi connectivity index (χ4n) is 3.40. The van der Waals surface area contributed by atoms with Gasteiger partial charge in [0.05, 0.1) is 33.0 Å². The van der Waals surface area contributed by atoms with Gasteiger partial charge in [-0.3, -0.25) is 0 Å². The average molecular weight is 439 g/mol. The van der Waals surface area contributed by atoms with E-state index in [1.54, 1.807) is 6.08 Å². The summed E-state index contributed by atoms with van der Waals surface area (Å²) in [4.78, 5) is 14.5. The molecule has 3 rings (SSSR count). The smallest absolute Gasteiger partial charge is 0.348 e. The number of hydrogen-bond acceptors (Lipinski definition) is 7. The predicted octanol–water partition coefficient (Wildman–Crippen LogP) is 3.57. The maximum absolute atomic E-state index is 12.2. The molecular formula is C25H30N2O5. The quantitative estimate of drug-likeness (QED) is 0.230. The van der Waals surface area contributed by atoms with E-state index in [-0.39, 0.29) is 18.8 Å². The number of nitriles is 1. The van der Waals surface area contributed by atoms with Gasteiger partial charge in [-0.15, -0.1) is 0 Å². The van der Waals surface area contributed by atoms with Crippen molar-refractivity contribution in [3.63, 3.8) is 0 Å². The van der Waals surface area contributed by atoms with Crippen molar-refractivity contribution in [2.24, 2.45) is 0 Å². The molecule has 32 heavy (non-hydrogen) atoms. The summed E-state index contributed by atoms with van der Waals surface area (Å²) in [6.45, 7) is 7.33. The summed E-state index contributed by atoms with van der Waals surface area (Å²) in [7, 11) is 0. The Bertz CT molecular complexity index is 960. The second-order valence-corrected chi connectivity index (χ2v) is 7.42. The zero-order chi connectivity index (χ0) is 22.6. The molecule has 0 atom stereocenters. The van der Waals surface area contributed by atoms with Gasteiger partial charge in [-0.1, -0.05) is 25.1 Å². The number of hydrogen-bond donors (Lipinski definition) is 0. The van der Waals surface area contributed by atoms with Crippen LogP contribution >= 0.6 is 0 Å². The van der Waals surface area contributed by atoms with Gasteiger partial charge in [-0.05, 0) is 47.0 Å². The molecule has 0 bridgehead atoms. The maximum atomic E-state index is 12.2. The number of benzene rings is 2. The first kappa shape index (κ1) is 23.7. The third-order valence-electron chi connectivity index (χ3n) is 5.06. The van der Waals surface area contributed by atoms with Gasteiger partial charge in [-0.25, -0.2) is 4.79 Å². The number of rotatable bonds is 11. The predicted molar refractivity (Wildman–Crippen MR) is 123 cm³/mol. The van der Waals surface area contributed by atoms with Crippen molar-refractivity contribution >= 4 is 28.5 Å². The molecule has 0 saturated carbocycles. The Morgan fingerprint density at radius 1 is 1.03 bits per heavy atom. The summed E-state index contributed by atoms with van der Waals surface area (Å²) < 4.78 is 21.2. The molecule has 2 aromatic carbocycles. The summed E-state index contributed by atoms with van der Waals surface area (Å²) in [5.74, 6) is -0.652. The second-order valence-electron chi connectivity index (χ2n) is 7.42. The van der Waals surface area contributed by atoms with Gasteiger partial charge in [-0.2, -0.15) is 5.26 Å². The van der Waals surface area contributed by atoms with Gasteiger partial charge in [0.25, 0.3) is 0 Å². The molecule has 1 heterocycles. The van der Waals surface area contributed by atoms with Gasteiger partial charge >= 0.3 is 5.97 Å². The van der Waals surface area contributed by atoms with E-state index in [9.17, 15) is 10.1 Å². The molecular weight excluding hydrogens is 408 g/mol. The lowest BCUT2D eigenvalue weighted by Crippen LogP contribution is -2.36. The number of carbonyl (C=O) groups is 1. The van der Waals surface area contributed by atoms with Crippen molar-refractivity contribution in [3.8, 4) is 6.07 Å². The lowest BCUT2D eigenvalue weighted by molar-refractivity contribution is -0.140. The normalized spacial score (nSPS) is 14.4. The summed E-state index contributed by atoms with van der Waals surface area (Å²) >= 11 is 0. The highest BCUT2D eigenvalue weighted by Gasteiger charge is 2.13. The molecule has 0 unspecified atom stereocenters. The summed E-state index contributed by atoms with van der Waals surface area (Å²) in [5.41, 5.74) is 1.90. The van der Waals surface area contributed by atoms with Crippen LogP contribution in [0.3, 0.4) is 0 Å². The van der Waals surface area contributed by atoms with Crippen molar-refractivity contribution in [1.82, 2.24) is 0 Å². The molecule has 0 N–H and O–H groups in total. The number of ether oxygens (including phenoxy) is 4. The molecule has 7 heteroatoms. The molecule has 0 amide bonds. The van der Waals surface area contributed by atoms with Gasteiger partial charge in [0, 0.05) is 25.4 Å². The Kier molecular flexibility index (Phi) is 9.51. The van der Waals surface area contributed by atoms with E-state index in [2.05, 4.69) is 23.1 Å². The van der Waals surface area contributed by atoms with Crippen molar-refractivity contribution in [2.75, 3.05) is 64.2 Å². The molecule has 0 radical (unpaired) electrons. The first-order chi connectivity index (χ1) is 15.7. The van der Waals surface area contributed by atoms with Crippen LogP contribution in [-0.4, -0.2) is 65.3 Å². The number of anilines is 1. The summed E-state index contributed by atoms with van der Waals surface area (Å²) in [6.07, 6.45) is 2.52. The monoisotopic (exact) mass is 438 g/mol. The van der Waals surface area contributed by atoms with E-state index in [4.69, 9.17) is 18.9 Å². The molecule has 1 fully saturated rings. The Balaban J connectivity index is 1.55. The topological polar surface area (TPSA) is 81.0 Å². The molecule has 1 aliphatic rings. The van der Waals surface area contributed by atoms with E-state index in [1.165, 1.54) is 5.69 Å². The van der Waals surface area contributed by atoms with Gasteiger partial charge in [0.2, 0.25) is 0 Å². The second kappa shape index (κ2) is 12.8. The van der Waals surface area contributed by atoms with E-state index in [0.29, 0.717) is 19.8 Å². The minimum absolute atomic E-state index is 0.0411. The SMILES string of the molecule is CCCOCCOCCOC(=O)/C(C#N)=C/c1ccc2cc(N3CCOCC3)ccc2c1. The number of carbonyl (C=O) groups excluding carboxylic acids is 1. The maximum Gasteiger partial charge on any atom is 0.348 e. The van der Waals surface area contributed by atoms with Crippen LogP contribution in [-0.2, 0) is 23.7 Å². The zero-order valence-electron chi connectivity index (χ0n) is 18.5. The molecule has 170 valence electrons. The highest BCUT2D eigenvalue weighted by Crippen LogP contribution is 2.24. The standard InChI is InChI=1S/C25H30N2O5/c1-2-9-29-12-13-31-14-15-32-25(28)23(19-26)17-20-3-4-22-18-24(6-5-21(22)16-20)27-7-10-30-11-8-27/h3-6,16-18H,2,7-15H2,1H3/b23-17+. The minimum atomic E-state index is -0.652. The highest BCUT2D eigenvalue weighted by atomic mass is 16.6. The Morgan fingerprint density at radius 2 is 1.72 bits per heavy atom. The third kappa shape index (κ3) is 7.06. The van der Waals surface area contributed by atoms with Crippen LogP contribution in [0, 0.1) is 11.3 Å². The zero-order valence-corrected chi connectivity index (χ0v) is 18.5. The fourth-order valence-corrected chi connectivity index (χ4v) is 3.40. The van der Waals surface area contributed by atoms with Gasteiger partial charge in [0.1, 0.15) is 18.2 Å². The van der Waals surface area contributed by atoms with Crippen LogP contribution in [0.2, 0.25) is 0 Å². The fraction of sp³-hybridized carbons (Fsp3) is 0.440. The van der Waals surface area contributed by atoms with Crippen molar-refractivity contribution in [2.45, 2.75) is 13.3 Å². The van der Waals surface area contributed by atoms with Crippen molar-refractivity contribution in [3.05, 3.63) is 47.5 Å². The van der Waals surface area contributed by atoms with Crippen LogP contribution in [0.5, 0.6) is 0 Å². The highest BCUT2D eigenvalue weighted by molar-refractivity contribution is 5.98. The lowest BCUT2D eigenvalue weighted by Gasteiger charge is -2.29. The average Bonchev–Trinajstić information content (AvgIpc) is 2.84. The Morgan fingerprint density at radius 3 is 2.47 bits per heavy atom. The molecule has 0 spiro atoms. The molecule has 0 aliphatic carbocycles. The number of nitrogens with zero attached hydrogens (tertiary/aromatic N) is 2. The third-order valence-corrected chi connectivity index (χ3v) is 5.06. The lowest BCUT2D eigenvalue weighted by atomic mass is 10.0. The molecule has 1 aliphatic heterocycles. The van der Waals surface area contributed by atoms with E-state index < -0.39 is 5.97 Å².